The molecule has 2 heterocycles. The summed E-state index contributed by atoms with van der Waals surface area (Å²) in [5, 5.41) is 11.8. The normalized spacial score (nSPS) is 26.2. The number of benzene rings is 1. The highest BCUT2D eigenvalue weighted by molar-refractivity contribution is 5.81. The van der Waals surface area contributed by atoms with Gasteiger partial charge in [0.2, 0.25) is 0 Å². The number of quaternary nitrogens is 1. The summed E-state index contributed by atoms with van der Waals surface area (Å²) in [7, 11) is 2.26. The maximum absolute atomic E-state index is 13.5. The molecule has 1 saturated heterocycles. The van der Waals surface area contributed by atoms with Crippen LogP contribution in [0.4, 0.5) is 0 Å². The van der Waals surface area contributed by atoms with Gasteiger partial charge >= 0.3 is 5.97 Å². The summed E-state index contributed by atoms with van der Waals surface area (Å²) in [6, 6.07) is 13.6. The fraction of sp³-hybridized carbons (Fsp3) is 0.556. The van der Waals surface area contributed by atoms with Gasteiger partial charge in [0.1, 0.15) is 6.54 Å². The van der Waals surface area contributed by atoms with Crippen LogP contribution in [-0.2, 0) is 21.6 Å². The molecule has 0 amide bonds. The number of aliphatic hydroxyl groups is 1. The summed E-state index contributed by atoms with van der Waals surface area (Å²) in [5.41, 5.74) is 0.399. The molecule has 1 aromatic carbocycles. The van der Waals surface area contributed by atoms with E-state index in [1.54, 1.807) is 0 Å². The van der Waals surface area contributed by atoms with Crippen molar-refractivity contribution < 1.29 is 19.1 Å². The van der Waals surface area contributed by atoms with E-state index in [1.807, 2.05) is 42.7 Å². The van der Waals surface area contributed by atoms with Crippen molar-refractivity contribution in [2.75, 3.05) is 26.7 Å². The summed E-state index contributed by atoms with van der Waals surface area (Å²) in [6.07, 6.45) is 11.4. The minimum absolute atomic E-state index is 0.0812. The van der Waals surface area contributed by atoms with Gasteiger partial charge in [-0.3, -0.25) is 4.98 Å². The first kappa shape index (κ1) is 22.9. The zero-order valence-corrected chi connectivity index (χ0v) is 19.3. The number of ether oxygens (including phenoxy) is 1. The molecule has 0 spiro atoms. The van der Waals surface area contributed by atoms with Gasteiger partial charge in [-0.15, -0.1) is 0 Å². The van der Waals surface area contributed by atoms with Crippen LogP contribution in [-0.4, -0.2) is 53.3 Å². The van der Waals surface area contributed by atoms with Crippen LogP contribution in [0.1, 0.15) is 56.1 Å². The number of likely N-dealkylation sites (N-methyl/N-ethyl adjacent to an activating group) is 1. The Kier molecular flexibility index (Phi) is 7.27. The molecule has 2 aromatic rings. The van der Waals surface area contributed by atoms with Gasteiger partial charge in [0.15, 0.2) is 11.7 Å². The first-order valence-corrected chi connectivity index (χ1v) is 12.2. The molecule has 1 aromatic heterocycles. The second-order valence-corrected chi connectivity index (χ2v) is 9.99. The Hall–Kier alpha value is -2.24. The van der Waals surface area contributed by atoms with Crippen LogP contribution in [0.15, 0.2) is 54.9 Å². The third-order valence-corrected chi connectivity index (χ3v) is 7.55. The molecule has 1 N–H and O–H groups in total. The van der Waals surface area contributed by atoms with E-state index in [1.165, 1.54) is 12.0 Å². The molecule has 3 atom stereocenters. The lowest BCUT2D eigenvalue weighted by Crippen LogP contribution is -2.56. The Morgan fingerprint density at radius 3 is 2.50 bits per heavy atom. The van der Waals surface area contributed by atoms with Gasteiger partial charge in [0, 0.05) is 31.2 Å². The molecule has 172 valence electrons. The molecular weight excluding hydrogens is 400 g/mol. The molecule has 0 radical (unpaired) electrons. The van der Waals surface area contributed by atoms with Crippen LogP contribution in [0.2, 0.25) is 0 Å². The van der Waals surface area contributed by atoms with Crippen LogP contribution in [0.5, 0.6) is 0 Å². The highest BCUT2D eigenvalue weighted by Gasteiger charge is 2.48. The monoisotopic (exact) mass is 437 g/mol. The van der Waals surface area contributed by atoms with Crippen LogP contribution in [0, 0.1) is 5.92 Å². The third-order valence-electron chi connectivity index (χ3n) is 7.55. The summed E-state index contributed by atoms with van der Waals surface area (Å²) in [6.45, 7) is 2.89. The van der Waals surface area contributed by atoms with Gasteiger partial charge in [-0.2, -0.15) is 0 Å². The third kappa shape index (κ3) is 5.21. The van der Waals surface area contributed by atoms with Crippen molar-refractivity contribution in [2.24, 2.45) is 5.92 Å². The lowest BCUT2D eigenvalue weighted by Gasteiger charge is -2.42. The molecule has 5 heteroatoms. The van der Waals surface area contributed by atoms with Crippen molar-refractivity contribution in [3.63, 3.8) is 0 Å². The molecule has 32 heavy (non-hydrogen) atoms. The number of pyridine rings is 1. The average Bonchev–Trinajstić information content (AvgIpc) is 2.84. The highest BCUT2D eigenvalue weighted by atomic mass is 16.6. The number of rotatable bonds is 7. The maximum Gasteiger partial charge on any atom is 0.343 e. The van der Waals surface area contributed by atoms with Gasteiger partial charge in [-0.05, 0) is 42.5 Å². The average molecular weight is 438 g/mol. The van der Waals surface area contributed by atoms with E-state index in [4.69, 9.17) is 4.74 Å². The number of carbonyl (C=O) groups is 1. The zero-order chi connectivity index (χ0) is 22.4. The number of hydrogen-bond donors (Lipinski definition) is 1. The van der Waals surface area contributed by atoms with Crippen molar-refractivity contribution in [2.45, 2.75) is 63.1 Å². The molecule has 5 nitrogen and oxygen atoms in total. The Bertz CT molecular complexity index is 869. The van der Waals surface area contributed by atoms with Gasteiger partial charge in [0.25, 0.3) is 0 Å². The smallest absolute Gasteiger partial charge is 0.343 e. The van der Waals surface area contributed by atoms with E-state index >= 15 is 0 Å². The number of hydrogen-bond acceptors (Lipinski definition) is 4. The van der Waals surface area contributed by atoms with E-state index in [0.717, 1.165) is 69.1 Å². The fourth-order valence-electron chi connectivity index (χ4n) is 5.60. The van der Waals surface area contributed by atoms with Crippen molar-refractivity contribution in [3.05, 3.63) is 66.0 Å². The predicted octanol–water partition coefficient (Wildman–Crippen LogP) is 4.24. The molecule has 1 saturated carbocycles. The molecular formula is C27H37N2O3+. The van der Waals surface area contributed by atoms with E-state index in [2.05, 4.69) is 24.2 Å². The van der Waals surface area contributed by atoms with Gasteiger partial charge < -0.3 is 14.3 Å². The van der Waals surface area contributed by atoms with Crippen molar-refractivity contribution >= 4 is 5.97 Å². The largest absolute Gasteiger partial charge is 0.454 e. The lowest BCUT2D eigenvalue weighted by atomic mass is 9.73. The van der Waals surface area contributed by atoms with E-state index < -0.39 is 11.6 Å². The summed E-state index contributed by atoms with van der Waals surface area (Å²) < 4.78 is 6.98. The first-order chi connectivity index (χ1) is 15.5. The zero-order valence-electron chi connectivity index (χ0n) is 19.3. The van der Waals surface area contributed by atoms with Crippen LogP contribution < -0.4 is 0 Å². The van der Waals surface area contributed by atoms with E-state index in [-0.39, 0.29) is 12.0 Å². The topological polar surface area (TPSA) is 59.4 Å². The van der Waals surface area contributed by atoms with Crippen LogP contribution in [0.3, 0.4) is 0 Å². The SMILES string of the molecule is C[N@+]1(CCc2ccncc2)CCCC(OC(=O)C(O)(c2ccccc2)C2CCCCC2)C1. The molecule has 1 aliphatic carbocycles. The van der Waals surface area contributed by atoms with Crippen molar-refractivity contribution in [3.8, 4) is 0 Å². The fourth-order valence-corrected chi connectivity index (χ4v) is 5.60. The van der Waals surface area contributed by atoms with Crippen molar-refractivity contribution in [1.29, 1.82) is 0 Å². The molecule has 1 aliphatic heterocycles. The quantitative estimate of drug-likeness (QED) is 0.520. The van der Waals surface area contributed by atoms with Crippen molar-refractivity contribution in [1.82, 2.24) is 4.98 Å². The number of aromatic nitrogens is 1. The molecule has 4 rings (SSSR count). The Labute approximate surface area is 192 Å². The number of piperidine rings is 1. The molecule has 2 aliphatic rings. The Morgan fingerprint density at radius 1 is 1.06 bits per heavy atom. The number of carbonyl (C=O) groups excluding carboxylic acids is 1. The minimum Gasteiger partial charge on any atom is -0.454 e. The van der Waals surface area contributed by atoms with Crippen LogP contribution in [0.25, 0.3) is 0 Å². The highest BCUT2D eigenvalue weighted by Crippen LogP contribution is 2.41. The van der Waals surface area contributed by atoms with E-state index in [0.29, 0.717) is 5.56 Å². The molecule has 2 unspecified atom stereocenters. The van der Waals surface area contributed by atoms with Crippen LogP contribution >= 0.6 is 0 Å². The van der Waals surface area contributed by atoms with Gasteiger partial charge in [-0.1, -0.05) is 49.6 Å². The molecule has 0 bridgehead atoms. The summed E-state index contributed by atoms with van der Waals surface area (Å²) in [4.78, 5) is 17.6. The first-order valence-electron chi connectivity index (χ1n) is 12.2. The number of esters is 1. The summed E-state index contributed by atoms with van der Waals surface area (Å²) >= 11 is 0. The predicted molar refractivity (Wildman–Crippen MR) is 125 cm³/mol. The standard InChI is InChI=1S/C27H37N2O3/c1-29(20-16-22-14-17-28-18-15-22)19-8-13-25(21-29)32-26(30)27(31,23-9-4-2-5-10-23)24-11-6-3-7-12-24/h2,4-5,9-10,14-15,17-18,24-25,31H,3,6-8,11-13,16,19-21H2,1H3/q+1/t25?,27?,29-/m1/s1. The lowest BCUT2D eigenvalue weighted by molar-refractivity contribution is -0.916. The Balaban J connectivity index is 1.45. The van der Waals surface area contributed by atoms with Gasteiger partial charge in [-0.25, -0.2) is 4.79 Å². The number of likely N-dealkylation sites (tertiary alicyclic amines) is 1. The Morgan fingerprint density at radius 2 is 1.78 bits per heavy atom. The van der Waals surface area contributed by atoms with Gasteiger partial charge in [0.05, 0.1) is 20.1 Å². The number of nitrogens with zero attached hydrogens (tertiary/aromatic N) is 2. The second-order valence-electron chi connectivity index (χ2n) is 9.99. The van der Waals surface area contributed by atoms with E-state index in [9.17, 15) is 9.90 Å². The minimum atomic E-state index is -1.56. The second kappa shape index (κ2) is 10.1. The summed E-state index contributed by atoms with van der Waals surface area (Å²) in [5.74, 6) is -0.537. The molecule has 2 fully saturated rings. The maximum atomic E-state index is 13.5.